The van der Waals surface area contributed by atoms with E-state index in [9.17, 15) is 9.59 Å². The molecular weight excluding hydrogens is 206 g/mol. The normalized spacial score (nSPS) is 19.1. The Morgan fingerprint density at radius 1 is 1.56 bits per heavy atom. The molecule has 0 saturated carbocycles. The van der Waals surface area contributed by atoms with Crippen molar-refractivity contribution >= 4 is 12.4 Å². The summed E-state index contributed by atoms with van der Waals surface area (Å²) in [4.78, 5) is 21.1. The molecule has 1 aliphatic rings. The number of benzene rings is 1. The van der Waals surface area contributed by atoms with Crippen LogP contribution < -0.4 is 5.32 Å². The summed E-state index contributed by atoms with van der Waals surface area (Å²) in [5.74, 6) is -0.721. The van der Waals surface area contributed by atoms with Crippen LogP contribution in [0.2, 0.25) is 0 Å². The summed E-state index contributed by atoms with van der Waals surface area (Å²) >= 11 is 0. The third-order valence-electron chi connectivity index (χ3n) is 3.05. The molecule has 0 spiro atoms. The fraction of sp³-hybridized carbons (Fsp3) is 0.333. The first kappa shape index (κ1) is 10.7. The number of carbonyl (C=O) groups excluding carboxylic acids is 1. The van der Waals surface area contributed by atoms with Crippen LogP contribution in [-0.2, 0) is 16.0 Å². The van der Waals surface area contributed by atoms with Gasteiger partial charge in [-0.1, -0.05) is 24.3 Å². The molecule has 2 unspecified atom stereocenters. The van der Waals surface area contributed by atoms with Gasteiger partial charge in [-0.3, -0.25) is 4.79 Å². The number of carbonyl (C=O) groups is 2. The lowest BCUT2D eigenvalue weighted by atomic mass is 9.74. The predicted molar refractivity (Wildman–Crippen MR) is 58.1 cm³/mol. The maximum atomic E-state index is 10.9. The Labute approximate surface area is 93.3 Å². The number of hydrogen-bond donors (Lipinski definition) is 2. The molecule has 4 heteroatoms. The zero-order valence-corrected chi connectivity index (χ0v) is 8.72. The van der Waals surface area contributed by atoms with Gasteiger partial charge in [0, 0.05) is 0 Å². The molecule has 84 valence electrons. The first-order chi connectivity index (χ1) is 7.72. The number of aliphatic carboxylic acids is 1. The van der Waals surface area contributed by atoms with Crippen LogP contribution in [0, 0.1) is 0 Å². The van der Waals surface area contributed by atoms with Gasteiger partial charge in [-0.15, -0.1) is 0 Å². The summed E-state index contributed by atoms with van der Waals surface area (Å²) in [5, 5.41) is 11.2. The molecule has 16 heavy (non-hydrogen) atoms. The third-order valence-corrected chi connectivity index (χ3v) is 3.05. The standard InChI is InChI=1S/C12H13NO3/c14-7-13-11(12(15)16)6-9-5-8-3-1-2-4-10(8)9/h1-4,7,9,11H,5-6H2,(H,13,14)(H,15,16). The molecule has 2 N–H and O–H groups in total. The molecule has 1 aromatic carbocycles. The average molecular weight is 219 g/mol. The summed E-state index contributed by atoms with van der Waals surface area (Å²) in [6.45, 7) is 0. The van der Waals surface area contributed by atoms with Crippen LogP contribution in [0.4, 0.5) is 0 Å². The van der Waals surface area contributed by atoms with Crippen molar-refractivity contribution in [2.75, 3.05) is 0 Å². The second kappa shape index (κ2) is 4.35. The molecule has 0 aromatic heterocycles. The smallest absolute Gasteiger partial charge is 0.326 e. The number of fused-ring (bicyclic) bond motifs is 1. The minimum absolute atomic E-state index is 0.254. The minimum atomic E-state index is -0.975. The molecular formula is C12H13NO3. The zero-order chi connectivity index (χ0) is 11.5. The van der Waals surface area contributed by atoms with E-state index in [-0.39, 0.29) is 5.92 Å². The summed E-state index contributed by atoms with van der Waals surface area (Å²) in [6.07, 6.45) is 1.81. The fourth-order valence-electron chi connectivity index (χ4n) is 2.18. The number of carboxylic acid groups (broad SMARTS) is 1. The van der Waals surface area contributed by atoms with Crippen molar-refractivity contribution in [3.05, 3.63) is 35.4 Å². The monoisotopic (exact) mass is 219 g/mol. The van der Waals surface area contributed by atoms with Gasteiger partial charge in [0.2, 0.25) is 6.41 Å². The van der Waals surface area contributed by atoms with Crippen molar-refractivity contribution in [1.82, 2.24) is 5.32 Å². The van der Waals surface area contributed by atoms with Crippen molar-refractivity contribution < 1.29 is 14.7 Å². The maximum Gasteiger partial charge on any atom is 0.326 e. The van der Waals surface area contributed by atoms with E-state index in [0.29, 0.717) is 12.8 Å². The van der Waals surface area contributed by atoms with E-state index >= 15 is 0 Å². The highest BCUT2D eigenvalue weighted by Crippen LogP contribution is 2.37. The first-order valence-electron chi connectivity index (χ1n) is 5.22. The number of amides is 1. The number of carboxylic acids is 1. The summed E-state index contributed by atoms with van der Waals surface area (Å²) in [7, 11) is 0. The van der Waals surface area contributed by atoms with Crippen molar-refractivity contribution in [2.45, 2.75) is 24.8 Å². The van der Waals surface area contributed by atoms with Crippen LogP contribution in [0.25, 0.3) is 0 Å². The van der Waals surface area contributed by atoms with E-state index in [4.69, 9.17) is 5.11 Å². The molecule has 2 rings (SSSR count). The second-order valence-corrected chi connectivity index (χ2v) is 4.01. The van der Waals surface area contributed by atoms with Gasteiger partial charge in [-0.05, 0) is 29.9 Å². The van der Waals surface area contributed by atoms with Crippen LogP contribution in [0.3, 0.4) is 0 Å². The Kier molecular flexibility index (Phi) is 2.90. The minimum Gasteiger partial charge on any atom is -0.480 e. The Hall–Kier alpha value is -1.84. The highest BCUT2D eigenvalue weighted by Gasteiger charge is 2.30. The fourth-order valence-corrected chi connectivity index (χ4v) is 2.18. The summed E-state index contributed by atoms with van der Waals surface area (Å²) < 4.78 is 0. The quantitative estimate of drug-likeness (QED) is 0.723. The van der Waals surface area contributed by atoms with Gasteiger partial charge in [0.25, 0.3) is 0 Å². The maximum absolute atomic E-state index is 10.9. The van der Waals surface area contributed by atoms with Crippen molar-refractivity contribution in [3.8, 4) is 0 Å². The average Bonchev–Trinajstić information content (AvgIpc) is 2.24. The van der Waals surface area contributed by atoms with Crippen LogP contribution in [0.5, 0.6) is 0 Å². The van der Waals surface area contributed by atoms with Crippen LogP contribution >= 0.6 is 0 Å². The lowest BCUT2D eigenvalue weighted by Crippen LogP contribution is -2.38. The highest BCUT2D eigenvalue weighted by atomic mass is 16.4. The van der Waals surface area contributed by atoms with Gasteiger partial charge in [0.15, 0.2) is 0 Å². The third kappa shape index (κ3) is 1.91. The number of nitrogens with one attached hydrogen (secondary N) is 1. The van der Waals surface area contributed by atoms with E-state index < -0.39 is 12.0 Å². The molecule has 0 aliphatic heterocycles. The first-order valence-corrected chi connectivity index (χ1v) is 5.22. The van der Waals surface area contributed by atoms with E-state index in [1.165, 1.54) is 11.1 Å². The van der Waals surface area contributed by atoms with Crippen LogP contribution in [-0.4, -0.2) is 23.5 Å². The van der Waals surface area contributed by atoms with E-state index in [1.807, 2.05) is 18.2 Å². The molecule has 2 atom stereocenters. The van der Waals surface area contributed by atoms with Crippen LogP contribution in [0.15, 0.2) is 24.3 Å². The molecule has 1 aromatic rings. The zero-order valence-electron chi connectivity index (χ0n) is 8.72. The van der Waals surface area contributed by atoms with Gasteiger partial charge in [-0.2, -0.15) is 0 Å². The summed E-state index contributed by atoms with van der Waals surface area (Å²) in [5.41, 5.74) is 2.49. The molecule has 0 fully saturated rings. The van der Waals surface area contributed by atoms with Gasteiger partial charge < -0.3 is 10.4 Å². The van der Waals surface area contributed by atoms with Crippen LogP contribution in [0.1, 0.15) is 23.5 Å². The largest absolute Gasteiger partial charge is 0.480 e. The topological polar surface area (TPSA) is 66.4 Å². The van der Waals surface area contributed by atoms with Gasteiger partial charge >= 0.3 is 5.97 Å². The second-order valence-electron chi connectivity index (χ2n) is 4.01. The van der Waals surface area contributed by atoms with Crippen molar-refractivity contribution in [3.63, 3.8) is 0 Å². The van der Waals surface area contributed by atoms with E-state index in [1.54, 1.807) is 0 Å². The molecule has 0 bridgehead atoms. The van der Waals surface area contributed by atoms with Gasteiger partial charge in [-0.25, -0.2) is 4.79 Å². The Bertz CT molecular complexity index is 416. The Balaban J connectivity index is 2.02. The Morgan fingerprint density at radius 3 is 2.94 bits per heavy atom. The molecule has 0 saturated heterocycles. The van der Waals surface area contributed by atoms with Gasteiger partial charge in [0.05, 0.1) is 0 Å². The number of rotatable bonds is 5. The highest BCUT2D eigenvalue weighted by molar-refractivity contribution is 5.76. The van der Waals surface area contributed by atoms with Crippen molar-refractivity contribution in [2.24, 2.45) is 0 Å². The van der Waals surface area contributed by atoms with E-state index in [0.717, 1.165) is 6.42 Å². The summed E-state index contributed by atoms with van der Waals surface area (Å²) in [6, 6.07) is 7.22. The molecule has 0 radical (unpaired) electrons. The number of hydrogen-bond acceptors (Lipinski definition) is 2. The molecule has 4 nitrogen and oxygen atoms in total. The van der Waals surface area contributed by atoms with E-state index in [2.05, 4.69) is 11.4 Å². The molecule has 1 aliphatic carbocycles. The predicted octanol–water partition coefficient (Wildman–Crippen LogP) is 0.916. The Morgan fingerprint density at radius 2 is 2.31 bits per heavy atom. The SMILES string of the molecule is O=CNC(CC1Cc2ccccc21)C(=O)O. The molecule has 1 amide bonds. The lowest BCUT2D eigenvalue weighted by molar-refractivity contribution is -0.140. The molecule has 0 heterocycles. The lowest BCUT2D eigenvalue weighted by Gasteiger charge is -2.31. The van der Waals surface area contributed by atoms with Gasteiger partial charge in [0.1, 0.15) is 6.04 Å². The van der Waals surface area contributed by atoms with Crippen molar-refractivity contribution in [1.29, 1.82) is 0 Å².